The summed E-state index contributed by atoms with van der Waals surface area (Å²) in [4.78, 5) is 24.6. The van der Waals surface area contributed by atoms with Crippen molar-refractivity contribution in [2.24, 2.45) is 0 Å². The fraction of sp³-hybridized carbons (Fsp3) is 0.222. The van der Waals surface area contributed by atoms with Crippen molar-refractivity contribution in [2.75, 3.05) is 7.05 Å². The van der Waals surface area contributed by atoms with Gasteiger partial charge in [-0.1, -0.05) is 42.0 Å². The number of hydrogen-bond donors (Lipinski definition) is 1. The Kier molecular flexibility index (Phi) is 4.61. The minimum atomic E-state index is -1.02. The summed E-state index contributed by atoms with van der Waals surface area (Å²) in [5, 5.41) is 9.02. The normalized spacial score (nSPS) is 11.8. The number of rotatable bonds is 4. The smallest absolute Gasteiger partial charge is 0.326 e. The van der Waals surface area contributed by atoms with Crippen LogP contribution < -0.4 is 0 Å². The second-order valence-corrected chi connectivity index (χ2v) is 5.38. The first-order chi connectivity index (χ1) is 10.4. The van der Waals surface area contributed by atoms with E-state index in [-0.39, 0.29) is 5.91 Å². The highest BCUT2D eigenvalue weighted by atomic mass is 16.4. The van der Waals surface area contributed by atoms with Crippen LogP contribution in [0.3, 0.4) is 0 Å². The lowest BCUT2D eigenvalue weighted by Gasteiger charge is -2.21. The molecule has 4 nitrogen and oxygen atoms in total. The van der Waals surface area contributed by atoms with Crippen molar-refractivity contribution in [1.82, 2.24) is 4.90 Å². The Balaban J connectivity index is 2.32. The first-order valence-corrected chi connectivity index (χ1v) is 7.07. The summed E-state index contributed by atoms with van der Waals surface area (Å²) in [5.41, 5.74) is 3.59. The molecule has 0 heterocycles. The van der Waals surface area contributed by atoms with Gasteiger partial charge in [-0.05, 0) is 37.1 Å². The number of carboxylic acids is 1. The molecule has 0 fully saturated rings. The zero-order valence-electron chi connectivity index (χ0n) is 12.9. The molecule has 0 bridgehead atoms. The molecule has 1 atom stereocenters. The molecule has 0 aliphatic carbocycles. The molecular weight excluding hydrogens is 278 g/mol. The Morgan fingerprint density at radius 2 is 1.64 bits per heavy atom. The van der Waals surface area contributed by atoms with Crippen molar-refractivity contribution < 1.29 is 14.7 Å². The van der Waals surface area contributed by atoms with Gasteiger partial charge in [-0.3, -0.25) is 4.79 Å². The molecule has 0 aromatic heterocycles. The van der Waals surface area contributed by atoms with E-state index in [1.165, 1.54) is 18.9 Å². The number of hydrogen-bond acceptors (Lipinski definition) is 2. The number of carbonyl (C=O) groups is 2. The molecule has 2 aromatic carbocycles. The summed E-state index contributed by atoms with van der Waals surface area (Å²) in [7, 11) is 1.50. The molecular formula is C18H19NO3. The highest BCUT2D eigenvalue weighted by molar-refractivity contribution is 5.97. The molecule has 0 saturated carbocycles. The van der Waals surface area contributed by atoms with Gasteiger partial charge in [0.2, 0.25) is 0 Å². The number of carbonyl (C=O) groups excluding carboxylic acids is 1. The third-order valence-electron chi connectivity index (χ3n) is 3.72. The Morgan fingerprint density at radius 3 is 2.23 bits per heavy atom. The van der Waals surface area contributed by atoms with Gasteiger partial charge in [0, 0.05) is 12.6 Å². The quantitative estimate of drug-likeness (QED) is 0.942. The molecule has 4 heteroatoms. The van der Waals surface area contributed by atoms with Crippen molar-refractivity contribution >= 4 is 11.9 Å². The Bertz CT molecular complexity index is 709. The standard InChI is InChI=1S/C18H19NO3/c1-12-6-4-7-14(10-12)15-8-5-9-16(11-15)17(20)19(3)13(2)18(21)22/h4-11,13H,1-3H3,(H,21,22)/t13-/m1/s1. The van der Waals surface area contributed by atoms with Crippen molar-refractivity contribution in [2.45, 2.75) is 19.9 Å². The van der Waals surface area contributed by atoms with E-state index in [1.807, 2.05) is 43.3 Å². The van der Waals surface area contributed by atoms with E-state index >= 15 is 0 Å². The maximum absolute atomic E-state index is 12.4. The number of likely N-dealkylation sites (N-methyl/N-ethyl adjacent to an activating group) is 1. The fourth-order valence-electron chi connectivity index (χ4n) is 2.20. The number of carboxylic acid groups (broad SMARTS) is 1. The van der Waals surface area contributed by atoms with Crippen molar-refractivity contribution in [3.05, 3.63) is 59.7 Å². The highest BCUT2D eigenvalue weighted by Gasteiger charge is 2.22. The van der Waals surface area contributed by atoms with Crippen LogP contribution in [0.2, 0.25) is 0 Å². The van der Waals surface area contributed by atoms with Gasteiger partial charge in [0.05, 0.1) is 0 Å². The molecule has 0 aliphatic heterocycles. The summed E-state index contributed by atoms with van der Waals surface area (Å²) < 4.78 is 0. The van der Waals surface area contributed by atoms with E-state index in [0.29, 0.717) is 5.56 Å². The van der Waals surface area contributed by atoms with Gasteiger partial charge in [0.25, 0.3) is 5.91 Å². The van der Waals surface area contributed by atoms with Gasteiger partial charge >= 0.3 is 5.97 Å². The van der Waals surface area contributed by atoms with Crippen molar-refractivity contribution in [3.8, 4) is 11.1 Å². The molecule has 0 radical (unpaired) electrons. The van der Waals surface area contributed by atoms with E-state index in [9.17, 15) is 9.59 Å². The van der Waals surface area contributed by atoms with E-state index in [2.05, 4.69) is 0 Å². The Morgan fingerprint density at radius 1 is 1.05 bits per heavy atom. The predicted molar refractivity (Wildman–Crippen MR) is 85.8 cm³/mol. The summed E-state index contributed by atoms with van der Waals surface area (Å²) in [6, 6.07) is 14.4. The average Bonchev–Trinajstić information content (AvgIpc) is 2.52. The van der Waals surface area contributed by atoms with Crippen LogP contribution in [-0.2, 0) is 4.79 Å². The fourth-order valence-corrected chi connectivity index (χ4v) is 2.20. The number of benzene rings is 2. The van der Waals surface area contributed by atoms with Gasteiger partial charge in [0.1, 0.15) is 6.04 Å². The van der Waals surface area contributed by atoms with Crippen LogP contribution in [-0.4, -0.2) is 35.0 Å². The minimum Gasteiger partial charge on any atom is -0.480 e. The minimum absolute atomic E-state index is 0.301. The van der Waals surface area contributed by atoms with Crippen LogP contribution in [0.4, 0.5) is 0 Å². The van der Waals surface area contributed by atoms with E-state index in [4.69, 9.17) is 5.11 Å². The lowest BCUT2D eigenvalue weighted by Crippen LogP contribution is -2.40. The largest absolute Gasteiger partial charge is 0.480 e. The molecule has 0 spiro atoms. The molecule has 0 unspecified atom stereocenters. The summed E-state index contributed by atoms with van der Waals surface area (Å²) >= 11 is 0. The first-order valence-electron chi connectivity index (χ1n) is 7.07. The lowest BCUT2D eigenvalue weighted by atomic mass is 10.0. The van der Waals surface area contributed by atoms with Crippen LogP contribution in [0, 0.1) is 6.92 Å². The maximum Gasteiger partial charge on any atom is 0.326 e. The molecule has 114 valence electrons. The van der Waals surface area contributed by atoms with Crippen LogP contribution in [0.25, 0.3) is 11.1 Å². The highest BCUT2D eigenvalue weighted by Crippen LogP contribution is 2.22. The van der Waals surface area contributed by atoms with Gasteiger partial charge in [0.15, 0.2) is 0 Å². The molecule has 1 N–H and O–H groups in total. The zero-order chi connectivity index (χ0) is 16.3. The number of aryl methyl sites for hydroxylation is 1. The molecule has 22 heavy (non-hydrogen) atoms. The SMILES string of the molecule is Cc1cccc(-c2cccc(C(=O)N(C)[C@H](C)C(=O)O)c2)c1. The maximum atomic E-state index is 12.4. The van der Waals surface area contributed by atoms with Crippen molar-refractivity contribution in [3.63, 3.8) is 0 Å². The second kappa shape index (κ2) is 6.43. The molecule has 0 saturated heterocycles. The van der Waals surface area contributed by atoms with Gasteiger partial charge in [-0.2, -0.15) is 0 Å². The lowest BCUT2D eigenvalue weighted by molar-refractivity contribution is -0.141. The summed E-state index contributed by atoms with van der Waals surface area (Å²) in [6.45, 7) is 3.51. The van der Waals surface area contributed by atoms with Crippen LogP contribution in [0.1, 0.15) is 22.8 Å². The Hall–Kier alpha value is -2.62. The number of amides is 1. The first kappa shape index (κ1) is 15.8. The average molecular weight is 297 g/mol. The van der Waals surface area contributed by atoms with Gasteiger partial charge in [-0.25, -0.2) is 4.79 Å². The van der Waals surface area contributed by atoms with Crippen molar-refractivity contribution in [1.29, 1.82) is 0 Å². The van der Waals surface area contributed by atoms with E-state index in [1.54, 1.807) is 12.1 Å². The molecule has 2 aromatic rings. The second-order valence-electron chi connectivity index (χ2n) is 5.38. The third-order valence-corrected chi connectivity index (χ3v) is 3.72. The zero-order valence-corrected chi connectivity index (χ0v) is 12.9. The van der Waals surface area contributed by atoms with E-state index in [0.717, 1.165) is 16.7 Å². The van der Waals surface area contributed by atoms with Crippen LogP contribution in [0.5, 0.6) is 0 Å². The Labute approximate surface area is 130 Å². The topological polar surface area (TPSA) is 57.6 Å². The molecule has 2 rings (SSSR count). The van der Waals surface area contributed by atoms with E-state index < -0.39 is 12.0 Å². The van der Waals surface area contributed by atoms with Crippen LogP contribution >= 0.6 is 0 Å². The number of nitrogens with zero attached hydrogens (tertiary/aromatic N) is 1. The van der Waals surface area contributed by atoms with Gasteiger partial charge < -0.3 is 10.0 Å². The van der Waals surface area contributed by atoms with Crippen LogP contribution in [0.15, 0.2) is 48.5 Å². The summed E-state index contributed by atoms with van der Waals surface area (Å²) in [5.74, 6) is -1.32. The predicted octanol–water partition coefficient (Wildman–Crippen LogP) is 3.21. The van der Waals surface area contributed by atoms with Gasteiger partial charge in [-0.15, -0.1) is 0 Å². The molecule has 1 amide bonds. The number of aliphatic carboxylic acids is 1. The third kappa shape index (κ3) is 3.34. The monoisotopic (exact) mass is 297 g/mol. The summed E-state index contributed by atoms with van der Waals surface area (Å²) in [6.07, 6.45) is 0. The molecule has 0 aliphatic rings.